The molecule has 1 aliphatic rings. The number of carbonyl (C=O) groups is 1. The Labute approximate surface area is 179 Å². The molecule has 4 rings (SSSR count). The third kappa shape index (κ3) is 4.09. The number of anilines is 1. The third-order valence-corrected chi connectivity index (χ3v) is 7.08. The summed E-state index contributed by atoms with van der Waals surface area (Å²) in [6.45, 7) is 0.645. The van der Waals surface area contributed by atoms with Crippen LogP contribution >= 0.6 is 11.6 Å². The van der Waals surface area contributed by atoms with Gasteiger partial charge in [-0.25, -0.2) is 12.8 Å². The van der Waals surface area contributed by atoms with Gasteiger partial charge in [0.05, 0.1) is 10.6 Å². The van der Waals surface area contributed by atoms with Gasteiger partial charge < -0.3 is 5.32 Å². The Balaban J connectivity index is 1.58. The Kier molecular flexibility index (Phi) is 5.60. The fourth-order valence-corrected chi connectivity index (χ4v) is 5.05. The number of rotatable bonds is 4. The molecule has 1 aliphatic heterocycles. The van der Waals surface area contributed by atoms with Crippen LogP contribution in [0.5, 0.6) is 0 Å². The van der Waals surface area contributed by atoms with Crippen molar-refractivity contribution in [1.29, 1.82) is 0 Å². The van der Waals surface area contributed by atoms with E-state index in [0.29, 0.717) is 13.0 Å². The minimum Gasteiger partial charge on any atom is -0.319 e. The standard InChI is InChI=1S/C22H18ClFN2O3S/c23-18-8-9-20(24)21(13-18)25-22(27)16-6-3-7-19(12-16)30(28,29)26-11-10-15-4-1-2-5-17(15)14-26/h1-9,12-13H,10-11,14H2,(H,25,27). The minimum atomic E-state index is -3.79. The second kappa shape index (κ2) is 8.18. The zero-order valence-electron chi connectivity index (χ0n) is 15.8. The molecule has 0 aliphatic carbocycles. The highest BCUT2D eigenvalue weighted by molar-refractivity contribution is 7.89. The smallest absolute Gasteiger partial charge is 0.255 e. The Morgan fingerprint density at radius 1 is 1.00 bits per heavy atom. The highest BCUT2D eigenvalue weighted by Crippen LogP contribution is 2.26. The molecule has 1 N–H and O–H groups in total. The molecule has 154 valence electrons. The summed E-state index contributed by atoms with van der Waals surface area (Å²) in [5.41, 5.74) is 2.14. The Hall–Kier alpha value is -2.74. The molecule has 1 amide bonds. The van der Waals surface area contributed by atoms with E-state index in [-0.39, 0.29) is 27.7 Å². The molecule has 0 aromatic heterocycles. The van der Waals surface area contributed by atoms with Crippen LogP contribution in [-0.2, 0) is 23.0 Å². The maximum atomic E-state index is 13.9. The van der Waals surface area contributed by atoms with E-state index in [9.17, 15) is 17.6 Å². The van der Waals surface area contributed by atoms with Gasteiger partial charge >= 0.3 is 0 Å². The van der Waals surface area contributed by atoms with Gasteiger partial charge in [-0.05, 0) is 53.9 Å². The molecule has 0 unspecified atom stereocenters. The number of nitrogens with zero attached hydrogens (tertiary/aromatic N) is 1. The number of hydrogen-bond acceptors (Lipinski definition) is 3. The van der Waals surface area contributed by atoms with Crippen LogP contribution in [0.25, 0.3) is 0 Å². The van der Waals surface area contributed by atoms with E-state index in [1.807, 2.05) is 24.3 Å². The van der Waals surface area contributed by atoms with Crippen molar-refractivity contribution < 1.29 is 17.6 Å². The van der Waals surface area contributed by atoms with Crippen molar-refractivity contribution in [3.05, 3.63) is 94.3 Å². The number of fused-ring (bicyclic) bond motifs is 1. The molecule has 3 aromatic carbocycles. The van der Waals surface area contributed by atoms with Gasteiger partial charge in [-0.15, -0.1) is 0 Å². The molecule has 0 spiro atoms. The molecule has 0 saturated carbocycles. The van der Waals surface area contributed by atoms with Crippen LogP contribution in [0.4, 0.5) is 10.1 Å². The minimum absolute atomic E-state index is 0.0149. The summed E-state index contributed by atoms with van der Waals surface area (Å²) in [7, 11) is -3.79. The first kappa shape index (κ1) is 20.5. The molecule has 8 heteroatoms. The summed E-state index contributed by atoms with van der Waals surface area (Å²) in [5, 5.41) is 2.70. The summed E-state index contributed by atoms with van der Waals surface area (Å²) >= 11 is 5.85. The molecule has 0 fully saturated rings. The first-order valence-corrected chi connectivity index (χ1v) is 11.1. The Morgan fingerprint density at radius 2 is 1.77 bits per heavy atom. The van der Waals surface area contributed by atoms with E-state index in [1.165, 1.54) is 40.7 Å². The van der Waals surface area contributed by atoms with E-state index in [0.717, 1.165) is 17.2 Å². The lowest BCUT2D eigenvalue weighted by Crippen LogP contribution is -2.36. The second-order valence-electron chi connectivity index (χ2n) is 6.96. The molecule has 3 aromatic rings. The number of amides is 1. The first-order valence-electron chi connectivity index (χ1n) is 9.28. The van der Waals surface area contributed by atoms with Gasteiger partial charge in [-0.2, -0.15) is 4.31 Å². The molecule has 0 atom stereocenters. The van der Waals surface area contributed by atoms with Crippen LogP contribution in [0.2, 0.25) is 5.02 Å². The van der Waals surface area contributed by atoms with E-state index >= 15 is 0 Å². The van der Waals surface area contributed by atoms with Crippen LogP contribution in [0.15, 0.2) is 71.6 Å². The SMILES string of the molecule is O=C(Nc1cc(Cl)ccc1F)c1cccc(S(=O)(=O)N2CCc3ccccc3C2)c1. The summed E-state index contributed by atoms with van der Waals surface area (Å²) in [6.07, 6.45) is 0.629. The maximum Gasteiger partial charge on any atom is 0.255 e. The van der Waals surface area contributed by atoms with Crippen LogP contribution < -0.4 is 5.32 Å². The molecular formula is C22H18ClFN2O3S. The van der Waals surface area contributed by atoms with E-state index in [1.54, 1.807) is 0 Å². The molecular weight excluding hydrogens is 427 g/mol. The highest BCUT2D eigenvalue weighted by atomic mass is 35.5. The van der Waals surface area contributed by atoms with Gasteiger partial charge in [0, 0.05) is 23.7 Å². The van der Waals surface area contributed by atoms with E-state index in [4.69, 9.17) is 11.6 Å². The summed E-state index contributed by atoms with van der Waals surface area (Å²) < 4.78 is 41.6. The van der Waals surface area contributed by atoms with Crippen molar-refractivity contribution in [2.45, 2.75) is 17.9 Å². The zero-order chi connectivity index (χ0) is 21.3. The fraction of sp³-hybridized carbons (Fsp3) is 0.136. The molecule has 0 radical (unpaired) electrons. The fourth-order valence-electron chi connectivity index (χ4n) is 3.41. The van der Waals surface area contributed by atoms with Crippen LogP contribution in [0.1, 0.15) is 21.5 Å². The summed E-state index contributed by atoms with van der Waals surface area (Å²) in [4.78, 5) is 12.6. The number of benzene rings is 3. The van der Waals surface area contributed by atoms with Crippen molar-refractivity contribution >= 4 is 33.2 Å². The quantitative estimate of drug-likeness (QED) is 0.645. The lowest BCUT2D eigenvalue weighted by atomic mass is 10.0. The third-order valence-electron chi connectivity index (χ3n) is 5.01. The number of nitrogens with one attached hydrogen (secondary N) is 1. The summed E-state index contributed by atoms with van der Waals surface area (Å²) in [6, 6.07) is 17.3. The van der Waals surface area contributed by atoms with Gasteiger partial charge in [0.2, 0.25) is 10.0 Å². The molecule has 0 bridgehead atoms. The van der Waals surface area contributed by atoms with E-state index < -0.39 is 21.7 Å². The van der Waals surface area contributed by atoms with Crippen LogP contribution in [0, 0.1) is 5.82 Å². The maximum absolute atomic E-state index is 13.9. The zero-order valence-corrected chi connectivity index (χ0v) is 17.4. The van der Waals surface area contributed by atoms with Crippen molar-refractivity contribution in [2.75, 3.05) is 11.9 Å². The molecule has 30 heavy (non-hydrogen) atoms. The van der Waals surface area contributed by atoms with Gasteiger partial charge in [0.1, 0.15) is 5.82 Å². The Morgan fingerprint density at radius 3 is 2.57 bits per heavy atom. The Bertz CT molecular complexity index is 1230. The highest BCUT2D eigenvalue weighted by Gasteiger charge is 2.28. The lowest BCUT2D eigenvalue weighted by molar-refractivity contribution is 0.102. The predicted molar refractivity (Wildman–Crippen MR) is 114 cm³/mol. The van der Waals surface area contributed by atoms with Gasteiger partial charge in [-0.1, -0.05) is 41.9 Å². The van der Waals surface area contributed by atoms with Crippen molar-refractivity contribution in [2.24, 2.45) is 0 Å². The normalized spacial score (nSPS) is 14.2. The number of halogens is 2. The van der Waals surface area contributed by atoms with Crippen LogP contribution in [0.3, 0.4) is 0 Å². The second-order valence-corrected chi connectivity index (χ2v) is 9.34. The van der Waals surface area contributed by atoms with Gasteiger partial charge in [0.15, 0.2) is 0 Å². The van der Waals surface area contributed by atoms with Crippen molar-refractivity contribution in [1.82, 2.24) is 4.31 Å². The summed E-state index contributed by atoms with van der Waals surface area (Å²) in [5.74, 6) is -1.26. The van der Waals surface area contributed by atoms with Crippen LogP contribution in [-0.4, -0.2) is 25.2 Å². The molecule has 0 saturated heterocycles. The van der Waals surface area contributed by atoms with Gasteiger partial charge in [0.25, 0.3) is 5.91 Å². The first-order chi connectivity index (χ1) is 14.3. The average Bonchev–Trinajstić information content (AvgIpc) is 2.76. The van der Waals surface area contributed by atoms with Crippen molar-refractivity contribution in [3.63, 3.8) is 0 Å². The average molecular weight is 445 g/mol. The molecule has 1 heterocycles. The lowest BCUT2D eigenvalue weighted by Gasteiger charge is -2.28. The molecule has 5 nitrogen and oxygen atoms in total. The number of sulfonamides is 1. The largest absolute Gasteiger partial charge is 0.319 e. The topological polar surface area (TPSA) is 66.5 Å². The number of carbonyl (C=O) groups excluding carboxylic acids is 1. The number of hydrogen-bond donors (Lipinski definition) is 1. The van der Waals surface area contributed by atoms with Crippen molar-refractivity contribution in [3.8, 4) is 0 Å². The van der Waals surface area contributed by atoms with Gasteiger partial charge in [-0.3, -0.25) is 4.79 Å². The monoisotopic (exact) mass is 444 g/mol. The predicted octanol–water partition coefficient (Wildman–Crippen LogP) is 4.48. The van der Waals surface area contributed by atoms with E-state index in [2.05, 4.69) is 5.32 Å².